The van der Waals surface area contributed by atoms with Crippen LogP contribution in [-0.4, -0.2) is 83.6 Å². The van der Waals surface area contributed by atoms with Crippen molar-refractivity contribution in [1.82, 2.24) is 0 Å². The van der Waals surface area contributed by atoms with Crippen LogP contribution in [0.5, 0.6) is 17.2 Å². The van der Waals surface area contributed by atoms with Crippen molar-refractivity contribution in [2.75, 3.05) is 33.5 Å². The molecule has 4 N–H and O–H groups in total. The van der Waals surface area contributed by atoms with Crippen molar-refractivity contribution < 1.29 is 53.8 Å². The number of Topliss-reactive ketones (excluding diaryl/α,β-unsaturated/α-hetero) is 1. The highest BCUT2D eigenvalue weighted by atomic mass is 16.6. The van der Waals surface area contributed by atoms with Gasteiger partial charge in [-0.25, -0.2) is 4.79 Å². The van der Waals surface area contributed by atoms with Crippen LogP contribution in [0.25, 0.3) is 11.6 Å². The molecule has 12 heteroatoms. The number of ketones is 1. The molecule has 1 saturated carbocycles. The highest BCUT2D eigenvalue weighted by Crippen LogP contribution is 2.56. The standard InChI is InChI=1S/C38H43NO11/c1-4-48-37(45)36-26(18-42)30(22-14-23(17-41)32(44)24(15-22)20-7-8-28-21(13-20)9-11-39-28)31-34(47-3)25-16-29(38(2,46)10-5-6-12-40)49-33(25)27(19-43)35(31)50-36/h7-9,13,18,23-24,29,40-41,43,46H,4-6,10-12,14-17,19H2,1-3H3/b30-22-/t23-,24-,29+,38+/m1/s1. The summed E-state index contributed by atoms with van der Waals surface area (Å²) in [7, 11) is 1.45. The van der Waals surface area contributed by atoms with E-state index >= 15 is 0 Å². The molecule has 3 aliphatic heterocycles. The number of hydrogen-bond donors (Lipinski definition) is 4. The quantitative estimate of drug-likeness (QED) is 0.145. The number of nitrogens with zero attached hydrogens (tertiary/aromatic N) is 1. The fraction of sp³-hybridized carbons (Fsp3) is 0.474. The maximum atomic E-state index is 13.8. The van der Waals surface area contributed by atoms with Crippen LogP contribution in [0.15, 0.2) is 40.1 Å². The zero-order valence-electron chi connectivity index (χ0n) is 28.5. The maximum Gasteiger partial charge on any atom is 0.375 e. The second kappa shape index (κ2) is 14.5. The van der Waals surface area contributed by atoms with Gasteiger partial charge < -0.3 is 39.4 Å². The average Bonchev–Trinajstić information content (AvgIpc) is 3.78. The summed E-state index contributed by atoms with van der Waals surface area (Å²) in [5.74, 6) is -2.36. The molecule has 1 fully saturated rings. The highest BCUT2D eigenvalue weighted by Gasteiger charge is 2.46. The number of rotatable bonds is 12. The van der Waals surface area contributed by atoms with Gasteiger partial charge in [0.1, 0.15) is 29.1 Å². The number of fused-ring (bicyclic) bond motifs is 3. The molecule has 4 atom stereocenters. The molecule has 0 spiro atoms. The number of esters is 1. The van der Waals surface area contributed by atoms with E-state index in [9.17, 15) is 34.8 Å². The third-order valence-electron chi connectivity index (χ3n) is 10.2. The minimum atomic E-state index is -1.32. The molecule has 0 saturated heterocycles. The van der Waals surface area contributed by atoms with Crippen molar-refractivity contribution in [3.63, 3.8) is 0 Å². The van der Waals surface area contributed by atoms with Crippen molar-refractivity contribution in [1.29, 1.82) is 0 Å². The first-order chi connectivity index (χ1) is 24.1. The first-order valence-electron chi connectivity index (χ1n) is 17.0. The lowest BCUT2D eigenvalue weighted by atomic mass is 9.71. The number of ether oxygens (including phenoxy) is 4. The van der Waals surface area contributed by atoms with E-state index in [4.69, 9.17) is 18.9 Å². The smallest absolute Gasteiger partial charge is 0.375 e. The van der Waals surface area contributed by atoms with Crippen LogP contribution in [0.1, 0.15) is 74.1 Å². The SMILES string of the molecule is CCOC(=O)C1=C(C=O)/C(=C2\C[C@H](CO)C(=O)[C@@H](c3ccc4c(c3)=CCN=4)C2)c2c(OC)c3c(c(CO)c2O1)O[C@H]([C@@](C)(O)CCCCO)C3. The second-order valence-corrected chi connectivity index (χ2v) is 13.3. The van der Waals surface area contributed by atoms with Crippen LogP contribution < -0.4 is 24.8 Å². The van der Waals surface area contributed by atoms with Gasteiger partial charge in [0.25, 0.3) is 0 Å². The second-order valence-electron chi connectivity index (χ2n) is 13.3. The van der Waals surface area contributed by atoms with E-state index < -0.39 is 42.7 Å². The van der Waals surface area contributed by atoms with Gasteiger partial charge in [0, 0.05) is 36.0 Å². The van der Waals surface area contributed by atoms with Gasteiger partial charge >= 0.3 is 5.97 Å². The van der Waals surface area contributed by atoms with Gasteiger partial charge in [-0.1, -0.05) is 17.7 Å². The molecule has 0 radical (unpaired) electrons. The van der Waals surface area contributed by atoms with Gasteiger partial charge in [0.2, 0.25) is 5.76 Å². The number of carbonyl (C=O) groups is 3. The van der Waals surface area contributed by atoms with Crippen LogP contribution in [0, 0.1) is 5.92 Å². The van der Waals surface area contributed by atoms with Gasteiger partial charge in [-0.2, -0.15) is 0 Å². The van der Waals surface area contributed by atoms with Gasteiger partial charge in [0.05, 0.1) is 61.1 Å². The number of aliphatic hydroxyl groups excluding tert-OH is 3. The predicted molar refractivity (Wildman–Crippen MR) is 180 cm³/mol. The van der Waals surface area contributed by atoms with E-state index in [1.54, 1.807) is 13.8 Å². The van der Waals surface area contributed by atoms with E-state index in [0.29, 0.717) is 54.4 Å². The molecule has 2 aromatic rings. The van der Waals surface area contributed by atoms with Gasteiger partial charge in [-0.15, -0.1) is 0 Å². The maximum absolute atomic E-state index is 13.8. The van der Waals surface area contributed by atoms with Crippen LogP contribution in [0.4, 0.5) is 0 Å². The molecule has 50 heavy (non-hydrogen) atoms. The van der Waals surface area contributed by atoms with E-state index in [-0.39, 0.29) is 72.4 Å². The summed E-state index contributed by atoms with van der Waals surface area (Å²) in [4.78, 5) is 44.7. The summed E-state index contributed by atoms with van der Waals surface area (Å²) in [5, 5.41) is 43.8. The molecule has 3 heterocycles. The summed E-state index contributed by atoms with van der Waals surface area (Å²) in [6.45, 7) is 2.79. The highest BCUT2D eigenvalue weighted by molar-refractivity contribution is 6.11. The topological polar surface area (TPSA) is 181 Å². The van der Waals surface area contributed by atoms with Crippen molar-refractivity contribution in [2.24, 2.45) is 10.9 Å². The fourth-order valence-electron chi connectivity index (χ4n) is 7.63. The molecule has 0 aromatic heterocycles. The Hall–Kier alpha value is -4.36. The first-order valence-corrected chi connectivity index (χ1v) is 17.0. The number of aldehydes is 1. The van der Waals surface area contributed by atoms with Crippen LogP contribution in [0.3, 0.4) is 0 Å². The molecule has 1 aliphatic carbocycles. The number of hydrogen-bond acceptors (Lipinski definition) is 12. The van der Waals surface area contributed by atoms with Crippen molar-refractivity contribution in [3.8, 4) is 17.2 Å². The summed E-state index contributed by atoms with van der Waals surface area (Å²) < 4.78 is 23.9. The lowest BCUT2D eigenvalue weighted by Crippen LogP contribution is -2.42. The normalized spacial score (nSPS) is 23.4. The Morgan fingerprint density at radius 2 is 1.94 bits per heavy atom. The van der Waals surface area contributed by atoms with Crippen LogP contribution in [-0.2, 0) is 32.1 Å². The lowest BCUT2D eigenvalue weighted by Gasteiger charge is -2.34. The largest absolute Gasteiger partial charge is 0.496 e. The molecule has 4 aliphatic rings. The Balaban J connectivity index is 1.58. The third kappa shape index (κ3) is 6.14. The van der Waals surface area contributed by atoms with Crippen molar-refractivity contribution in [2.45, 2.75) is 76.6 Å². The van der Waals surface area contributed by atoms with E-state index in [1.807, 2.05) is 24.3 Å². The molecular formula is C38H43NO11. The lowest BCUT2D eigenvalue weighted by molar-refractivity contribution is -0.141. The minimum absolute atomic E-state index is 0.00208. The average molecular weight is 690 g/mol. The molecule has 0 bridgehead atoms. The van der Waals surface area contributed by atoms with E-state index in [1.165, 1.54) is 7.11 Å². The number of allylic oxidation sites excluding steroid dienone is 3. The molecule has 0 unspecified atom stereocenters. The van der Waals surface area contributed by atoms with Gasteiger partial charge in [0.15, 0.2) is 6.29 Å². The number of aliphatic hydroxyl groups is 4. The number of benzene rings is 2. The molecule has 12 nitrogen and oxygen atoms in total. The van der Waals surface area contributed by atoms with Gasteiger partial charge in [-0.05, 0) is 68.9 Å². The number of methoxy groups -OCH3 is 1. The van der Waals surface area contributed by atoms with E-state index in [0.717, 1.165) is 16.1 Å². The van der Waals surface area contributed by atoms with E-state index in [2.05, 4.69) is 4.99 Å². The molecule has 266 valence electrons. The zero-order valence-corrected chi connectivity index (χ0v) is 28.5. The monoisotopic (exact) mass is 689 g/mol. The Labute approximate surface area is 289 Å². The summed E-state index contributed by atoms with van der Waals surface area (Å²) in [6.07, 6.45) is 3.59. The molecule has 6 rings (SSSR count). The summed E-state index contributed by atoms with van der Waals surface area (Å²) >= 11 is 0. The Morgan fingerprint density at radius 3 is 2.62 bits per heavy atom. The molecular weight excluding hydrogens is 646 g/mol. The molecule has 2 aromatic carbocycles. The Kier molecular flexibility index (Phi) is 10.3. The first kappa shape index (κ1) is 35.5. The predicted octanol–water partition coefficient (Wildman–Crippen LogP) is 1.74. The minimum Gasteiger partial charge on any atom is -0.496 e. The van der Waals surface area contributed by atoms with Crippen LogP contribution in [0.2, 0.25) is 0 Å². The third-order valence-corrected chi connectivity index (χ3v) is 10.2. The van der Waals surface area contributed by atoms with Crippen molar-refractivity contribution in [3.05, 3.63) is 67.9 Å². The van der Waals surface area contributed by atoms with Crippen molar-refractivity contribution >= 4 is 29.7 Å². The summed E-state index contributed by atoms with van der Waals surface area (Å²) in [6, 6.07) is 5.65. The fourth-order valence-corrected chi connectivity index (χ4v) is 7.63. The Morgan fingerprint density at radius 1 is 1.14 bits per heavy atom. The molecule has 0 amide bonds. The summed E-state index contributed by atoms with van der Waals surface area (Å²) in [5.41, 5.74) is 1.26. The van der Waals surface area contributed by atoms with Crippen LogP contribution >= 0.6 is 0 Å². The Bertz CT molecular complexity index is 1910. The zero-order chi connectivity index (χ0) is 35.7. The number of unbranched alkanes of at least 4 members (excludes halogenated alkanes) is 1. The van der Waals surface area contributed by atoms with Gasteiger partial charge in [-0.3, -0.25) is 14.6 Å². The number of carbonyl (C=O) groups excluding carboxylic acids is 3.